The van der Waals surface area contributed by atoms with Crippen LogP contribution in [-0.4, -0.2) is 41.2 Å². The number of hydrogen-bond donors (Lipinski definition) is 1. The molecule has 1 N–H and O–H groups in total. The molecule has 0 aliphatic carbocycles. The summed E-state index contributed by atoms with van der Waals surface area (Å²) in [7, 11) is 0. The Labute approximate surface area is 114 Å². The van der Waals surface area contributed by atoms with Crippen LogP contribution < -0.4 is 4.74 Å². The number of carboxylic acid groups (broad SMARTS) is 1. The molecule has 1 aliphatic heterocycles. The van der Waals surface area contributed by atoms with Crippen molar-refractivity contribution in [2.24, 2.45) is 0 Å². The normalized spacial score (nSPS) is 19.0. The van der Waals surface area contributed by atoms with E-state index >= 15 is 0 Å². The summed E-state index contributed by atoms with van der Waals surface area (Å²) in [4.78, 5) is 12.9. The van der Waals surface area contributed by atoms with Crippen molar-refractivity contribution in [1.29, 1.82) is 0 Å². The molecule has 0 saturated carbocycles. The van der Waals surface area contributed by atoms with Crippen molar-refractivity contribution in [3.63, 3.8) is 0 Å². The van der Waals surface area contributed by atoms with Crippen LogP contribution in [0.3, 0.4) is 0 Å². The lowest BCUT2D eigenvalue weighted by Gasteiger charge is -2.28. The fourth-order valence-electron chi connectivity index (χ4n) is 2.45. The fourth-order valence-corrected chi connectivity index (χ4v) is 2.45. The average Bonchev–Trinajstić information content (AvgIpc) is 2.78. The van der Waals surface area contributed by atoms with E-state index in [4.69, 9.17) is 9.84 Å². The largest absolute Gasteiger partial charge is 0.488 e. The summed E-state index contributed by atoms with van der Waals surface area (Å²) in [5, 5.41) is 8.99. The average molecular weight is 263 g/mol. The Morgan fingerprint density at radius 3 is 2.89 bits per heavy atom. The summed E-state index contributed by atoms with van der Waals surface area (Å²) in [6.07, 6.45) is 1.86. The molecule has 0 fully saturated rings. The Kier molecular flexibility index (Phi) is 4.43. The minimum absolute atomic E-state index is 0.0609. The molecule has 1 aromatic carbocycles. The number of aliphatic carboxylic acids is 1. The Morgan fingerprint density at radius 1 is 1.53 bits per heavy atom. The van der Waals surface area contributed by atoms with Gasteiger partial charge in [-0.15, -0.1) is 0 Å². The molecule has 1 aromatic rings. The number of nitrogens with zero attached hydrogens (tertiary/aromatic N) is 1. The number of fused-ring (bicyclic) bond motifs is 1. The maximum atomic E-state index is 10.9. The summed E-state index contributed by atoms with van der Waals surface area (Å²) in [6.45, 7) is 4.87. The van der Waals surface area contributed by atoms with Gasteiger partial charge in [-0.3, -0.25) is 9.69 Å². The van der Waals surface area contributed by atoms with Crippen molar-refractivity contribution < 1.29 is 14.6 Å². The summed E-state index contributed by atoms with van der Waals surface area (Å²) in [5.41, 5.74) is 1.21. The lowest BCUT2D eigenvalue weighted by Crippen LogP contribution is -2.43. The van der Waals surface area contributed by atoms with Crippen molar-refractivity contribution in [3.8, 4) is 5.75 Å². The first-order chi connectivity index (χ1) is 9.10. The van der Waals surface area contributed by atoms with Crippen molar-refractivity contribution in [1.82, 2.24) is 4.90 Å². The van der Waals surface area contributed by atoms with Gasteiger partial charge in [0.2, 0.25) is 0 Å². The zero-order valence-electron chi connectivity index (χ0n) is 11.5. The van der Waals surface area contributed by atoms with E-state index in [0.29, 0.717) is 6.54 Å². The van der Waals surface area contributed by atoms with E-state index < -0.39 is 5.97 Å². The summed E-state index contributed by atoms with van der Waals surface area (Å²) < 4.78 is 5.88. The quantitative estimate of drug-likeness (QED) is 0.854. The van der Waals surface area contributed by atoms with Gasteiger partial charge in [0, 0.05) is 19.0 Å². The molecule has 19 heavy (non-hydrogen) atoms. The van der Waals surface area contributed by atoms with Gasteiger partial charge in [-0.2, -0.15) is 0 Å². The Morgan fingerprint density at radius 2 is 2.26 bits per heavy atom. The third-order valence-electron chi connectivity index (χ3n) is 3.70. The molecule has 0 aromatic heterocycles. The van der Waals surface area contributed by atoms with Crippen LogP contribution in [0.1, 0.15) is 25.8 Å². The van der Waals surface area contributed by atoms with Crippen LogP contribution in [0.4, 0.5) is 0 Å². The van der Waals surface area contributed by atoms with Crippen LogP contribution in [0.25, 0.3) is 0 Å². The highest BCUT2D eigenvalue weighted by Gasteiger charge is 2.26. The number of rotatable bonds is 6. The third kappa shape index (κ3) is 3.47. The molecule has 1 aliphatic rings. The number of para-hydroxylation sites is 1. The maximum absolute atomic E-state index is 10.9. The van der Waals surface area contributed by atoms with Crippen LogP contribution >= 0.6 is 0 Å². The topological polar surface area (TPSA) is 49.8 Å². The Bertz CT molecular complexity index is 422. The Hall–Kier alpha value is -1.55. The Balaban J connectivity index is 1.98. The molecule has 0 bridgehead atoms. The van der Waals surface area contributed by atoms with E-state index in [1.54, 1.807) is 0 Å². The molecule has 2 unspecified atom stereocenters. The first-order valence-corrected chi connectivity index (χ1v) is 6.80. The second kappa shape index (κ2) is 6.06. The highest BCUT2D eigenvalue weighted by molar-refractivity contribution is 5.69. The fraction of sp³-hybridized carbons (Fsp3) is 0.533. The number of hydrogen-bond acceptors (Lipinski definition) is 3. The molecular formula is C15H21NO3. The molecule has 0 saturated heterocycles. The molecule has 0 spiro atoms. The van der Waals surface area contributed by atoms with E-state index in [2.05, 4.69) is 19.9 Å². The van der Waals surface area contributed by atoms with Gasteiger partial charge in [-0.25, -0.2) is 0 Å². The highest BCUT2D eigenvalue weighted by atomic mass is 16.5. The van der Waals surface area contributed by atoms with Gasteiger partial charge in [0.05, 0.1) is 6.54 Å². The van der Waals surface area contributed by atoms with Crippen molar-refractivity contribution in [3.05, 3.63) is 29.8 Å². The lowest BCUT2D eigenvalue weighted by molar-refractivity contribution is -0.139. The van der Waals surface area contributed by atoms with Crippen LogP contribution in [-0.2, 0) is 11.2 Å². The van der Waals surface area contributed by atoms with E-state index in [1.807, 2.05) is 23.1 Å². The maximum Gasteiger partial charge on any atom is 0.317 e. The summed E-state index contributed by atoms with van der Waals surface area (Å²) in [5.74, 6) is 0.155. The van der Waals surface area contributed by atoms with Gasteiger partial charge in [0.25, 0.3) is 0 Å². The smallest absolute Gasteiger partial charge is 0.317 e. The van der Waals surface area contributed by atoms with Gasteiger partial charge in [0.15, 0.2) is 0 Å². The molecule has 2 rings (SSSR count). The molecule has 1 heterocycles. The second-order valence-electron chi connectivity index (χ2n) is 5.13. The summed E-state index contributed by atoms with van der Waals surface area (Å²) in [6, 6.07) is 8.27. The standard InChI is InChI=1S/C15H21NO3/c1-3-11(2)16(10-15(17)18)9-13-8-12-6-4-5-7-14(12)19-13/h4-7,11,13H,3,8-10H2,1-2H3,(H,17,18). The van der Waals surface area contributed by atoms with Gasteiger partial charge in [-0.05, 0) is 25.0 Å². The van der Waals surface area contributed by atoms with E-state index in [9.17, 15) is 4.79 Å². The highest BCUT2D eigenvalue weighted by Crippen LogP contribution is 2.28. The minimum atomic E-state index is -0.782. The van der Waals surface area contributed by atoms with Gasteiger partial charge in [0.1, 0.15) is 11.9 Å². The first kappa shape index (κ1) is 13.9. The van der Waals surface area contributed by atoms with E-state index in [0.717, 1.165) is 18.6 Å². The van der Waals surface area contributed by atoms with Crippen LogP contribution in [0, 0.1) is 0 Å². The van der Waals surface area contributed by atoms with Crippen molar-refractivity contribution >= 4 is 5.97 Å². The van der Waals surface area contributed by atoms with E-state index in [1.165, 1.54) is 5.56 Å². The molecular weight excluding hydrogens is 242 g/mol. The minimum Gasteiger partial charge on any atom is -0.488 e. The van der Waals surface area contributed by atoms with Gasteiger partial charge < -0.3 is 9.84 Å². The molecule has 2 atom stereocenters. The van der Waals surface area contributed by atoms with Crippen LogP contribution in [0.15, 0.2) is 24.3 Å². The number of ether oxygens (including phenoxy) is 1. The van der Waals surface area contributed by atoms with Crippen molar-refractivity contribution in [2.45, 2.75) is 38.8 Å². The number of benzene rings is 1. The molecule has 0 radical (unpaired) electrons. The molecule has 4 heteroatoms. The predicted octanol–water partition coefficient (Wildman–Crippen LogP) is 2.18. The number of carbonyl (C=O) groups is 1. The van der Waals surface area contributed by atoms with Crippen LogP contribution in [0.5, 0.6) is 5.75 Å². The number of carboxylic acids is 1. The van der Waals surface area contributed by atoms with Crippen molar-refractivity contribution in [2.75, 3.05) is 13.1 Å². The predicted molar refractivity (Wildman–Crippen MR) is 73.5 cm³/mol. The first-order valence-electron chi connectivity index (χ1n) is 6.80. The van der Waals surface area contributed by atoms with E-state index in [-0.39, 0.29) is 18.7 Å². The molecule has 104 valence electrons. The van der Waals surface area contributed by atoms with Gasteiger partial charge in [-0.1, -0.05) is 25.1 Å². The van der Waals surface area contributed by atoms with Crippen LogP contribution in [0.2, 0.25) is 0 Å². The zero-order valence-corrected chi connectivity index (χ0v) is 11.5. The third-order valence-corrected chi connectivity index (χ3v) is 3.70. The molecule has 4 nitrogen and oxygen atoms in total. The SMILES string of the molecule is CCC(C)N(CC(=O)O)CC1Cc2ccccc2O1. The lowest BCUT2D eigenvalue weighted by atomic mass is 10.1. The molecule has 0 amide bonds. The monoisotopic (exact) mass is 263 g/mol. The zero-order chi connectivity index (χ0) is 13.8. The second-order valence-corrected chi connectivity index (χ2v) is 5.13. The van der Waals surface area contributed by atoms with Gasteiger partial charge >= 0.3 is 5.97 Å². The summed E-state index contributed by atoms with van der Waals surface area (Å²) >= 11 is 0.